The van der Waals surface area contributed by atoms with Crippen LogP contribution >= 0.6 is 40.7 Å². The van der Waals surface area contributed by atoms with Gasteiger partial charge in [-0.15, -0.1) is 24.8 Å². The largest absolute Gasteiger partial charge is 0.314 e. The molecule has 108 valence electrons. The standard InChI is InChI=1S/C13H18BrN3.2ClH/c14-12-4-3-11(9-16-12)13(10-1-2-10)17-7-5-15-6-8-17;;/h3-4,9-10,13,15H,1-2,5-8H2;2*1H/t13-;;/m0../s1. The Morgan fingerprint density at radius 2 is 1.89 bits per heavy atom. The summed E-state index contributed by atoms with van der Waals surface area (Å²) in [6, 6.07) is 4.88. The van der Waals surface area contributed by atoms with E-state index in [0.29, 0.717) is 6.04 Å². The third-order valence-electron chi connectivity index (χ3n) is 3.71. The first kappa shape index (κ1) is 17.2. The SMILES string of the molecule is Brc1ccc([C@H](C2CC2)N2CCNCC2)cn1.Cl.Cl. The average molecular weight is 369 g/mol. The van der Waals surface area contributed by atoms with Gasteiger partial charge in [0.2, 0.25) is 0 Å². The van der Waals surface area contributed by atoms with E-state index >= 15 is 0 Å². The normalized spacial score (nSPS) is 21.1. The van der Waals surface area contributed by atoms with Gasteiger partial charge in [0.15, 0.2) is 0 Å². The first-order chi connectivity index (χ1) is 8.34. The first-order valence-electron chi connectivity index (χ1n) is 6.41. The third kappa shape index (κ3) is 4.30. The number of nitrogens with one attached hydrogen (secondary N) is 1. The topological polar surface area (TPSA) is 28.2 Å². The van der Waals surface area contributed by atoms with E-state index in [0.717, 1.165) is 36.7 Å². The average Bonchev–Trinajstić information content (AvgIpc) is 3.18. The molecule has 1 aromatic rings. The molecule has 1 N–H and O–H groups in total. The lowest BCUT2D eigenvalue weighted by Crippen LogP contribution is -2.45. The van der Waals surface area contributed by atoms with E-state index in [4.69, 9.17) is 0 Å². The van der Waals surface area contributed by atoms with Crippen LogP contribution in [0.15, 0.2) is 22.9 Å². The van der Waals surface area contributed by atoms with E-state index < -0.39 is 0 Å². The molecule has 0 aromatic carbocycles. The molecule has 0 amide bonds. The minimum Gasteiger partial charge on any atom is -0.314 e. The summed E-state index contributed by atoms with van der Waals surface area (Å²) in [5.41, 5.74) is 1.39. The number of aromatic nitrogens is 1. The summed E-state index contributed by atoms with van der Waals surface area (Å²) in [6.45, 7) is 4.56. The fourth-order valence-corrected chi connectivity index (χ4v) is 2.95. The van der Waals surface area contributed by atoms with Crippen molar-refractivity contribution in [2.24, 2.45) is 5.92 Å². The summed E-state index contributed by atoms with van der Waals surface area (Å²) in [7, 11) is 0. The molecular weight excluding hydrogens is 349 g/mol. The third-order valence-corrected chi connectivity index (χ3v) is 4.17. The van der Waals surface area contributed by atoms with Crippen molar-refractivity contribution < 1.29 is 0 Å². The Kier molecular flexibility index (Phi) is 7.05. The summed E-state index contributed by atoms with van der Waals surface area (Å²) >= 11 is 3.41. The van der Waals surface area contributed by atoms with Crippen LogP contribution in [0.25, 0.3) is 0 Å². The second-order valence-corrected chi connectivity index (χ2v) is 5.79. The fourth-order valence-electron chi connectivity index (χ4n) is 2.72. The Labute approximate surface area is 135 Å². The maximum atomic E-state index is 4.38. The van der Waals surface area contributed by atoms with Crippen LogP contribution in [0.3, 0.4) is 0 Å². The van der Waals surface area contributed by atoms with Crippen molar-refractivity contribution >= 4 is 40.7 Å². The number of rotatable bonds is 3. The Balaban J connectivity index is 0.000000902. The van der Waals surface area contributed by atoms with E-state index in [1.54, 1.807) is 0 Å². The molecule has 1 aliphatic heterocycles. The van der Waals surface area contributed by atoms with E-state index in [2.05, 4.69) is 43.3 Å². The van der Waals surface area contributed by atoms with Crippen LogP contribution in [-0.2, 0) is 0 Å². The smallest absolute Gasteiger partial charge is 0.106 e. The molecule has 0 unspecified atom stereocenters. The van der Waals surface area contributed by atoms with Gasteiger partial charge in [-0.1, -0.05) is 6.07 Å². The van der Waals surface area contributed by atoms with Crippen molar-refractivity contribution in [3.05, 3.63) is 28.5 Å². The number of hydrogen-bond donors (Lipinski definition) is 1. The molecule has 3 rings (SSSR count). The lowest BCUT2D eigenvalue weighted by atomic mass is 10.0. The minimum absolute atomic E-state index is 0. The number of nitrogens with zero attached hydrogens (tertiary/aromatic N) is 2. The molecule has 1 atom stereocenters. The molecule has 0 radical (unpaired) electrons. The van der Waals surface area contributed by atoms with Gasteiger partial charge >= 0.3 is 0 Å². The van der Waals surface area contributed by atoms with Crippen molar-refractivity contribution in [2.45, 2.75) is 18.9 Å². The highest BCUT2D eigenvalue weighted by atomic mass is 79.9. The molecule has 1 saturated carbocycles. The molecule has 0 bridgehead atoms. The van der Waals surface area contributed by atoms with Gasteiger partial charge in [-0.3, -0.25) is 4.90 Å². The summed E-state index contributed by atoms with van der Waals surface area (Å²) in [6.07, 6.45) is 4.80. The van der Waals surface area contributed by atoms with Crippen molar-refractivity contribution in [2.75, 3.05) is 26.2 Å². The zero-order valence-electron chi connectivity index (χ0n) is 10.7. The number of halogens is 3. The van der Waals surface area contributed by atoms with Crippen molar-refractivity contribution in [1.29, 1.82) is 0 Å². The van der Waals surface area contributed by atoms with Crippen molar-refractivity contribution in [1.82, 2.24) is 15.2 Å². The van der Waals surface area contributed by atoms with Crippen molar-refractivity contribution in [3.63, 3.8) is 0 Å². The maximum Gasteiger partial charge on any atom is 0.106 e. The highest BCUT2D eigenvalue weighted by molar-refractivity contribution is 9.10. The molecule has 2 fully saturated rings. The van der Waals surface area contributed by atoms with Gasteiger partial charge in [0.05, 0.1) is 0 Å². The highest BCUT2D eigenvalue weighted by Gasteiger charge is 2.36. The molecule has 2 aliphatic rings. The molecule has 0 spiro atoms. The van der Waals surface area contributed by atoms with Crippen LogP contribution in [-0.4, -0.2) is 36.1 Å². The van der Waals surface area contributed by atoms with Crippen LogP contribution in [0.2, 0.25) is 0 Å². The van der Waals surface area contributed by atoms with E-state index in [-0.39, 0.29) is 24.8 Å². The van der Waals surface area contributed by atoms with Gasteiger partial charge in [-0.25, -0.2) is 4.98 Å². The molecule has 2 heterocycles. The quantitative estimate of drug-likeness (QED) is 0.831. The Hall–Kier alpha value is 0.130. The lowest BCUT2D eigenvalue weighted by Gasteiger charge is -2.35. The minimum atomic E-state index is 0. The summed E-state index contributed by atoms with van der Waals surface area (Å²) in [5.74, 6) is 0.857. The van der Waals surface area contributed by atoms with Crippen LogP contribution in [0.1, 0.15) is 24.4 Å². The molecule has 6 heteroatoms. The molecule has 1 aromatic heterocycles. The zero-order chi connectivity index (χ0) is 11.7. The van der Waals surface area contributed by atoms with E-state index in [9.17, 15) is 0 Å². The maximum absolute atomic E-state index is 4.38. The second kappa shape index (κ2) is 7.79. The Morgan fingerprint density at radius 1 is 1.21 bits per heavy atom. The highest BCUT2D eigenvalue weighted by Crippen LogP contribution is 2.44. The predicted molar refractivity (Wildman–Crippen MR) is 86.3 cm³/mol. The molecule has 1 saturated heterocycles. The first-order valence-corrected chi connectivity index (χ1v) is 7.20. The number of pyridine rings is 1. The number of hydrogen-bond acceptors (Lipinski definition) is 3. The lowest BCUT2D eigenvalue weighted by molar-refractivity contribution is 0.156. The summed E-state index contributed by atoms with van der Waals surface area (Å²) < 4.78 is 0.927. The van der Waals surface area contributed by atoms with Crippen LogP contribution in [0, 0.1) is 5.92 Å². The molecule has 1 aliphatic carbocycles. The fraction of sp³-hybridized carbons (Fsp3) is 0.615. The Bertz CT molecular complexity index is 378. The zero-order valence-corrected chi connectivity index (χ0v) is 13.9. The van der Waals surface area contributed by atoms with Gasteiger partial charge in [0.25, 0.3) is 0 Å². The van der Waals surface area contributed by atoms with Gasteiger partial charge in [-0.2, -0.15) is 0 Å². The predicted octanol–water partition coefficient (Wildman–Crippen LogP) is 3.04. The van der Waals surface area contributed by atoms with Crippen LogP contribution in [0.5, 0.6) is 0 Å². The molecule has 3 nitrogen and oxygen atoms in total. The van der Waals surface area contributed by atoms with E-state index in [1.807, 2.05) is 6.20 Å². The van der Waals surface area contributed by atoms with E-state index in [1.165, 1.54) is 18.4 Å². The monoisotopic (exact) mass is 367 g/mol. The van der Waals surface area contributed by atoms with Gasteiger partial charge in [0, 0.05) is 38.4 Å². The number of piperazine rings is 1. The summed E-state index contributed by atoms with van der Waals surface area (Å²) in [5, 5.41) is 3.42. The Morgan fingerprint density at radius 3 is 2.42 bits per heavy atom. The second-order valence-electron chi connectivity index (χ2n) is 4.98. The molecular formula is C13H20BrCl2N3. The van der Waals surface area contributed by atoms with Gasteiger partial charge in [-0.05, 0) is 46.3 Å². The van der Waals surface area contributed by atoms with Crippen LogP contribution < -0.4 is 5.32 Å². The summed E-state index contributed by atoms with van der Waals surface area (Å²) in [4.78, 5) is 7.00. The van der Waals surface area contributed by atoms with Gasteiger partial charge in [0.1, 0.15) is 4.60 Å². The molecule has 19 heavy (non-hydrogen) atoms. The van der Waals surface area contributed by atoms with Crippen LogP contribution in [0.4, 0.5) is 0 Å². The van der Waals surface area contributed by atoms with Crippen molar-refractivity contribution in [3.8, 4) is 0 Å². The van der Waals surface area contributed by atoms with Gasteiger partial charge < -0.3 is 5.32 Å².